The Morgan fingerprint density at radius 1 is 1.45 bits per heavy atom. The number of amides is 1. The number of rotatable bonds is 3. The minimum atomic E-state index is -4.86. The largest absolute Gasteiger partial charge is 0.455 e. The van der Waals surface area contributed by atoms with E-state index in [1.807, 2.05) is 0 Å². The van der Waals surface area contributed by atoms with Gasteiger partial charge in [0, 0.05) is 0 Å². The molecule has 20 heavy (non-hydrogen) atoms. The van der Waals surface area contributed by atoms with E-state index in [4.69, 9.17) is 5.73 Å². The molecule has 6 nitrogen and oxygen atoms in total. The summed E-state index contributed by atoms with van der Waals surface area (Å²) in [7, 11) is 0. The molecule has 108 valence electrons. The van der Waals surface area contributed by atoms with E-state index in [1.54, 1.807) is 0 Å². The summed E-state index contributed by atoms with van der Waals surface area (Å²) >= 11 is 0. The van der Waals surface area contributed by atoms with Crippen molar-refractivity contribution in [3.63, 3.8) is 0 Å². The Kier molecular flexibility index (Phi) is 3.38. The molecule has 1 aliphatic heterocycles. The van der Waals surface area contributed by atoms with Crippen LogP contribution in [0.2, 0.25) is 0 Å². The van der Waals surface area contributed by atoms with Crippen molar-refractivity contribution in [3.8, 4) is 0 Å². The molecule has 1 atom stereocenters. The lowest BCUT2D eigenvalue weighted by Crippen LogP contribution is -2.35. The van der Waals surface area contributed by atoms with Crippen LogP contribution in [0.4, 0.5) is 23.3 Å². The normalized spacial score (nSPS) is 18.5. The molecule has 0 aromatic carbocycles. The zero-order valence-electron chi connectivity index (χ0n) is 9.69. The number of hydrogen-bond donors (Lipinski definition) is 2. The Morgan fingerprint density at radius 3 is 2.60 bits per heavy atom. The average Bonchev–Trinajstić information content (AvgIpc) is 2.71. The lowest BCUT2D eigenvalue weighted by Gasteiger charge is -2.20. The summed E-state index contributed by atoms with van der Waals surface area (Å²) in [5.74, 6) is -0.762. The topological polar surface area (TPSA) is 80.5 Å². The van der Waals surface area contributed by atoms with Gasteiger partial charge in [0.2, 0.25) is 0 Å². The highest BCUT2D eigenvalue weighted by molar-refractivity contribution is 5.90. The van der Waals surface area contributed by atoms with Crippen LogP contribution < -0.4 is 11.1 Å². The minimum absolute atomic E-state index is 0.0332. The number of anilines is 1. The van der Waals surface area contributed by atoms with Crippen molar-refractivity contribution in [2.24, 2.45) is 5.73 Å². The van der Waals surface area contributed by atoms with Crippen molar-refractivity contribution in [1.82, 2.24) is 10.1 Å². The van der Waals surface area contributed by atoms with Gasteiger partial charge in [0.15, 0.2) is 5.70 Å². The monoisotopic (exact) mass is 292 g/mol. The Balaban J connectivity index is 2.04. The number of hydrogen-bond acceptors (Lipinski definition) is 5. The van der Waals surface area contributed by atoms with Gasteiger partial charge < -0.3 is 15.8 Å². The summed E-state index contributed by atoms with van der Waals surface area (Å²) < 4.78 is 55.0. The summed E-state index contributed by atoms with van der Waals surface area (Å²) in [5.41, 5.74) is 3.53. The molecule has 0 fully saturated rings. The summed E-state index contributed by atoms with van der Waals surface area (Å²) in [6.07, 6.45) is -5.15. The molecule has 1 aromatic rings. The number of aromatic nitrogens is 1. The molecular weight excluding hydrogens is 284 g/mol. The molecule has 0 bridgehead atoms. The fraction of sp³-hybridized carbons (Fsp3) is 0.200. The Bertz CT molecular complexity index is 543. The quantitative estimate of drug-likeness (QED) is 0.652. The van der Waals surface area contributed by atoms with Gasteiger partial charge in [-0.15, -0.1) is 5.12 Å². The van der Waals surface area contributed by atoms with E-state index in [-0.39, 0.29) is 17.6 Å². The second-order valence-electron chi connectivity index (χ2n) is 3.74. The summed E-state index contributed by atoms with van der Waals surface area (Å²) in [5, 5.41) is 1.73. The molecule has 0 saturated heterocycles. The maximum atomic E-state index is 13.4. The zero-order chi connectivity index (χ0) is 14.9. The molecule has 10 heteroatoms. The van der Waals surface area contributed by atoms with Crippen molar-refractivity contribution in [2.75, 3.05) is 5.32 Å². The van der Waals surface area contributed by atoms with Crippen molar-refractivity contribution in [2.45, 2.75) is 12.5 Å². The molecule has 2 rings (SSSR count). The number of carbonyl (C=O) groups excluding carboxylic acids is 1. The number of carbonyl (C=O) groups is 1. The first-order valence-corrected chi connectivity index (χ1v) is 5.19. The smallest absolute Gasteiger partial charge is 0.436 e. The third-order valence-electron chi connectivity index (χ3n) is 2.34. The van der Waals surface area contributed by atoms with Crippen LogP contribution in [-0.4, -0.2) is 28.5 Å². The molecule has 3 N–H and O–H groups in total. The molecule has 0 aliphatic carbocycles. The predicted molar refractivity (Wildman–Crippen MR) is 58.3 cm³/mol. The molecule has 0 saturated carbocycles. The van der Waals surface area contributed by atoms with Crippen molar-refractivity contribution >= 4 is 11.6 Å². The van der Waals surface area contributed by atoms with Crippen molar-refractivity contribution in [1.29, 1.82) is 0 Å². The molecular formula is C10H8F4N4O2. The molecule has 1 aromatic heterocycles. The Morgan fingerprint density at radius 2 is 2.15 bits per heavy atom. The van der Waals surface area contributed by atoms with Crippen LogP contribution in [0.5, 0.6) is 0 Å². The zero-order valence-corrected chi connectivity index (χ0v) is 9.69. The number of nitrogens with zero attached hydrogens (tertiary/aromatic N) is 2. The number of ether oxygens (including phenoxy) is 1. The van der Waals surface area contributed by atoms with E-state index < -0.39 is 29.3 Å². The third-order valence-corrected chi connectivity index (χ3v) is 2.34. The van der Waals surface area contributed by atoms with Crippen LogP contribution in [0.1, 0.15) is 10.5 Å². The van der Waals surface area contributed by atoms with Crippen LogP contribution in [-0.2, 0) is 4.74 Å². The fourth-order valence-corrected chi connectivity index (χ4v) is 1.41. The lowest BCUT2D eigenvalue weighted by molar-refractivity contribution is -0.147. The Hall–Kier alpha value is -2.52. The SMILES string of the molecule is NC(=O)c1ccc(NC2OC=C(C(F)(F)F)N2F)cn1. The second kappa shape index (κ2) is 4.87. The van der Waals surface area contributed by atoms with Gasteiger partial charge in [0.1, 0.15) is 12.0 Å². The Labute approximate surface area is 109 Å². The summed E-state index contributed by atoms with van der Waals surface area (Å²) in [6, 6.07) is 2.54. The number of nitrogens with one attached hydrogen (secondary N) is 1. The van der Waals surface area contributed by atoms with Gasteiger partial charge >= 0.3 is 6.18 Å². The van der Waals surface area contributed by atoms with Crippen LogP contribution in [0, 0.1) is 0 Å². The van der Waals surface area contributed by atoms with E-state index in [1.165, 1.54) is 12.1 Å². The van der Waals surface area contributed by atoms with E-state index in [2.05, 4.69) is 15.0 Å². The van der Waals surface area contributed by atoms with Gasteiger partial charge in [0.25, 0.3) is 12.3 Å². The highest BCUT2D eigenvalue weighted by atomic mass is 19.4. The highest BCUT2D eigenvalue weighted by Crippen LogP contribution is 2.34. The van der Waals surface area contributed by atoms with Crippen LogP contribution in [0.3, 0.4) is 0 Å². The van der Waals surface area contributed by atoms with Gasteiger partial charge in [-0.05, 0) is 12.1 Å². The van der Waals surface area contributed by atoms with Crippen LogP contribution >= 0.6 is 0 Å². The second-order valence-corrected chi connectivity index (χ2v) is 3.74. The van der Waals surface area contributed by atoms with E-state index >= 15 is 0 Å². The first-order chi connectivity index (χ1) is 9.29. The number of pyridine rings is 1. The van der Waals surface area contributed by atoms with Gasteiger partial charge in [0.05, 0.1) is 11.9 Å². The molecule has 1 aliphatic rings. The molecule has 0 radical (unpaired) electrons. The molecule has 0 spiro atoms. The van der Waals surface area contributed by atoms with Crippen LogP contribution in [0.25, 0.3) is 0 Å². The average molecular weight is 292 g/mol. The fourth-order valence-electron chi connectivity index (χ4n) is 1.41. The standard InChI is InChI=1S/C10H8F4N4O2/c11-10(12,13)7-4-20-9(18(7)14)17-5-1-2-6(8(15)19)16-3-5/h1-4,9,17H,(H2,15,19). The van der Waals surface area contributed by atoms with Crippen molar-refractivity contribution in [3.05, 3.63) is 36.0 Å². The lowest BCUT2D eigenvalue weighted by atomic mass is 10.3. The third kappa shape index (κ3) is 2.73. The molecule has 1 amide bonds. The summed E-state index contributed by atoms with van der Waals surface area (Å²) in [4.78, 5) is 14.4. The van der Waals surface area contributed by atoms with E-state index in [0.717, 1.165) is 6.20 Å². The molecule has 1 unspecified atom stereocenters. The maximum Gasteiger partial charge on any atom is 0.436 e. The number of alkyl halides is 3. The highest BCUT2D eigenvalue weighted by Gasteiger charge is 2.45. The van der Waals surface area contributed by atoms with Crippen molar-refractivity contribution < 1.29 is 27.2 Å². The maximum absolute atomic E-state index is 13.4. The van der Waals surface area contributed by atoms with Crippen LogP contribution in [0.15, 0.2) is 30.3 Å². The van der Waals surface area contributed by atoms with Gasteiger partial charge in [-0.3, -0.25) is 4.79 Å². The molecule has 2 heterocycles. The van der Waals surface area contributed by atoms with E-state index in [9.17, 15) is 22.4 Å². The summed E-state index contributed by atoms with van der Waals surface area (Å²) in [6.45, 7) is 0. The first kappa shape index (κ1) is 13.9. The number of nitrogens with two attached hydrogens (primary N) is 1. The first-order valence-electron chi connectivity index (χ1n) is 5.19. The minimum Gasteiger partial charge on any atom is -0.455 e. The van der Waals surface area contributed by atoms with Gasteiger partial charge in [-0.2, -0.15) is 13.2 Å². The number of primary amides is 1. The predicted octanol–water partition coefficient (Wildman–Crippen LogP) is 1.50. The van der Waals surface area contributed by atoms with E-state index in [0.29, 0.717) is 0 Å². The van der Waals surface area contributed by atoms with Gasteiger partial charge in [-0.25, -0.2) is 4.98 Å². The van der Waals surface area contributed by atoms with Gasteiger partial charge in [-0.1, -0.05) is 4.48 Å². The number of halogens is 4. The number of allylic oxidation sites excluding steroid dienone is 1.